The van der Waals surface area contributed by atoms with Gasteiger partial charge in [0.2, 0.25) is 0 Å². The largest absolute Gasteiger partial charge is 0.272 e. The van der Waals surface area contributed by atoms with E-state index in [1.165, 1.54) is 63.5 Å². The molecule has 29 heavy (non-hydrogen) atoms. The van der Waals surface area contributed by atoms with Gasteiger partial charge in [0.25, 0.3) is 0 Å². The van der Waals surface area contributed by atoms with Gasteiger partial charge in [0, 0.05) is 29.4 Å². The van der Waals surface area contributed by atoms with Gasteiger partial charge >= 0.3 is 0 Å². The first kappa shape index (κ1) is 19.5. The Morgan fingerprint density at radius 1 is 1.07 bits per heavy atom. The Balaban J connectivity index is 1.37. The van der Waals surface area contributed by atoms with Crippen LogP contribution in [-0.2, 0) is 7.05 Å². The van der Waals surface area contributed by atoms with E-state index in [1.54, 1.807) is 0 Å². The van der Waals surface area contributed by atoms with E-state index in [0.29, 0.717) is 5.41 Å². The predicted octanol–water partition coefficient (Wildman–Crippen LogP) is 5.94. The zero-order valence-corrected chi connectivity index (χ0v) is 18.8. The zero-order chi connectivity index (χ0) is 20.2. The fourth-order valence-electron chi connectivity index (χ4n) is 8.05. The van der Waals surface area contributed by atoms with Gasteiger partial charge in [-0.2, -0.15) is 15.3 Å². The predicted molar refractivity (Wildman–Crippen MR) is 119 cm³/mol. The molecule has 1 aromatic rings. The van der Waals surface area contributed by atoms with E-state index >= 15 is 0 Å². The first-order valence-corrected chi connectivity index (χ1v) is 12.0. The maximum Gasteiger partial charge on any atom is 0.0602 e. The topological polar surface area (TPSA) is 42.5 Å². The molecule has 5 rings (SSSR count). The van der Waals surface area contributed by atoms with E-state index in [2.05, 4.69) is 31.0 Å². The minimum atomic E-state index is 0.278. The molecule has 4 aliphatic carbocycles. The number of hydrogen-bond acceptors (Lipinski definition) is 3. The van der Waals surface area contributed by atoms with Crippen LogP contribution in [0.2, 0.25) is 0 Å². The van der Waals surface area contributed by atoms with Gasteiger partial charge in [-0.3, -0.25) is 4.68 Å². The number of aryl methyl sites for hydroxylation is 1. The molecule has 1 aromatic heterocycles. The molecule has 0 aliphatic heterocycles. The van der Waals surface area contributed by atoms with Gasteiger partial charge in [0.15, 0.2) is 0 Å². The average Bonchev–Trinajstić information content (AvgIpc) is 3.21. The van der Waals surface area contributed by atoms with Crippen molar-refractivity contribution in [2.45, 2.75) is 85.0 Å². The van der Waals surface area contributed by atoms with E-state index in [-0.39, 0.29) is 5.41 Å². The third-order valence-corrected chi connectivity index (χ3v) is 9.97. The molecule has 0 aromatic carbocycles. The monoisotopic (exact) mass is 394 g/mol. The lowest BCUT2D eigenvalue weighted by Crippen LogP contribution is -2.52. The van der Waals surface area contributed by atoms with Crippen molar-refractivity contribution in [2.75, 3.05) is 0 Å². The van der Waals surface area contributed by atoms with Gasteiger partial charge in [-0.05, 0) is 87.4 Å². The Morgan fingerprint density at radius 3 is 2.72 bits per heavy atom. The SMILES string of the molecule is Cc1c(/C=N/N=C2\CCC3C4CCC5CCCCC5(C)C4CCC23C)cnn1C. The second-order valence-electron chi connectivity index (χ2n) is 11.0. The molecule has 4 heteroatoms. The minimum absolute atomic E-state index is 0.278. The second kappa shape index (κ2) is 7.06. The molecule has 0 saturated heterocycles. The summed E-state index contributed by atoms with van der Waals surface area (Å²) in [6.07, 6.45) is 17.9. The number of hydrogen-bond donors (Lipinski definition) is 0. The van der Waals surface area contributed by atoms with Crippen LogP contribution in [-0.4, -0.2) is 21.7 Å². The fraction of sp³-hybridized carbons (Fsp3) is 0.800. The van der Waals surface area contributed by atoms with Crippen molar-refractivity contribution in [2.24, 2.45) is 51.8 Å². The highest BCUT2D eigenvalue weighted by atomic mass is 15.3. The molecule has 4 fully saturated rings. The molecule has 4 nitrogen and oxygen atoms in total. The molecule has 1 heterocycles. The third-order valence-electron chi connectivity index (χ3n) is 9.97. The van der Waals surface area contributed by atoms with Crippen molar-refractivity contribution in [3.63, 3.8) is 0 Å². The smallest absolute Gasteiger partial charge is 0.0602 e. The quantitative estimate of drug-likeness (QED) is 0.452. The van der Waals surface area contributed by atoms with Crippen LogP contribution in [0.4, 0.5) is 0 Å². The van der Waals surface area contributed by atoms with Crippen LogP contribution in [0.25, 0.3) is 0 Å². The molecule has 6 atom stereocenters. The van der Waals surface area contributed by atoms with E-state index < -0.39 is 0 Å². The van der Waals surface area contributed by atoms with E-state index in [0.717, 1.165) is 41.3 Å². The maximum atomic E-state index is 4.81. The van der Waals surface area contributed by atoms with Gasteiger partial charge < -0.3 is 0 Å². The number of nitrogens with zero attached hydrogens (tertiary/aromatic N) is 4. The van der Waals surface area contributed by atoms with Crippen molar-refractivity contribution in [1.82, 2.24) is 9.78 Å². The highest BCUT2D eigenvalue weighted by Gasteiger charge is 2.58. The number of aromatic nitrogens is 2. The Kier molecular flexibility index (Phi) is 4.75. The molecule has 4 saturated carbocycles. The molecule has 0 spiro atoms. The zero-order valence-electron chi connectivity index (χ0n) is 18.8. The fourth-order valence-corrected chi connectivity index (χ4v) is 8.05. The molecule has 158 valence electrons. The van der Waals surface area contributed by atoms with Crippen molar-refractivity contribution in [3.05, 3.63) is 17.5 Å². The Labute approximate surface area is 176 Å². The summed E-state index contributed by atoms with van der Waals surface area (Å²) >= 11 is 0. The molecule has 4 aliphatic rings. The molecular formula is C25H38N4. The van der Waals surface area contributed by atoms with Crippen molar-refractivity contribution in [3.8, 4) is 0 Å². The average molecular weight is 395 g/mol. The number of rotatable bonds is 2. The first-order valence-electron chi connectivity index (χ1n) is 12.0. The third kappa shape index (κ3) is 2.96. The maximum absolute atomic E-state index is 4.81. The summed E-state index contributed by atoms with van der Waals surface area (Å²) in [5, 5.41) is 13.6. The van der Waals surface area contributed by atoms with Crippen molar-refractivity contribution in [1.29, 1.82) is 0 Å². The highest BCUT2D eigenvalue weighted by molar-refractivity contribution is 5.93. The summed E-state index contributed by atoms with van der Waals surface area (Å²) < 4.78 is 1.89. The van der Waals surface area contributed by atoms with Crippen molar-refractivity contribution >= 4 is 11.9 Å². The lowest BCUT2D eigenvalue weighted by Gasteiger charge is -2.59. The first-order chi connectivity index (χ1) is 13.9. The summed E-state index contributed by atoms with van der Waals surface area (Å²) in [4.78, 5) is 0. The molecule has 6 unspecified atom stereocenters. The van der Waals surface area contributed by atoms with Crippen LogP contribution in [0.5, 0.6) is 0 Å². The van der Waals surface area contributed by atoms with Gasteiger partial charge in [0.05, 0.1) is 12.4 Å². The van der Waals surface area contributed by atoms with Crippen LogP contribution < -0.4 is 0 Å². The van der Waals surface area contributed by atoms with Crippen LogP contribution >= 0.6 is 0 Å². The Morgan fingerprint density at radius 2 is 1.93 bits per heavy atom. The van der Waals surface area contributed by atoms with Gasteiger partial charge in [-0.25, -0.2) is 0 Å². The molecule has 0 radical (unpaired) electrons. The van der Waals surface area contributed by atoms with Gasteiger partial charge in [0.1, 0.15) is 0 Å². The normalized spacial score (nSPS) is 43.4. The van der Waals surface area contributed by atoms with E-state index in [9.17, 15) is 0 Å². The van der Waals surface area contributed by atoms with Gasteiger partial charge in [-0.15, -0.1) is 0 Å². The van der Waals surface area contributed by atoms with E-state index in [1.807, 2.05) is 24.1 Å². The summed E-state index contributed by atoms with van der Waals surface area (Å²) in [6, 6.07) is 0. The highest BCUT2D eigenvalue weighted by Crippen LogP contribution is 2.65. The summed E-state index contributed by atoms with van der Waals surface area (Å²) in [5.74, 6) is 3.71. The standard InChI is InChI=1S/C25H38N4/c1-17-18(16-27-29(17)4)15-26-28-23-11-10-21-20-9-8-19-7-5-6-13-24(19,2)22(20)12-14-25(21,23)3/h15-16,19-22H,5-14H2,1-4H3/b26-15+,28-23+. The molecule has 0 amide bonds. The molecular weight excluding hydrogens is 356 g/mol. The van der Waals surface area contributed by atoms with Crippen LogP contribution in [0.3, 0.4) is 0 Å². The van der Waals surface area contributed by atoms with Crippen LogP contribution in [0, 0.1) is 41.4 Å². The van der Waals surface area contributed by atoms with Crippen LogP contribution in [0.15, 0.2) is 16.4 Å². The molecule has 0 bridgehead atoms. The summed E-state index contributed by atoms with van der Waals surface area (Å²) in [6.45, 7) is 7.26. The van der Waals surface area contributed by atoms with Crippen molar-refractivity contribution < 1.29 is 0 Å². The summed E-state index contributed by atoms with van der Waals surface area (Å²) in [7, 11) is 1.97. The second-order valence-corrected chi connectivity index (χ2v) is 11.0. The molecule has 0 N–H and O–H groups in total. The lowest BCUT2D eigenvalue weighted by atomic mass is 9.45. The number of fused-ring (bicyclic) bond motifs is 5. The van der Waals surface area contributed by atoms with Crippen LogP contribution in [0.1, 0.15) is 89.3 Å². The van der Waals surface area contributed by atoms with E-state index in [4.69, 9.17) is 5.10 Å². The Bertz CT molecular complexity index is 836. The summed E-state index contributed by atoms with van der Waals surface area (Å²) in [5.41, 5.74) is 4.49. The minimum Gasteiger partial charge on any atom is -0.272 e. The van der Waals surface area contributed by atoms with Gasteiger partial charge in [-0.1, -0.05) is 26.7 Å². The Hall–Kier alpha value is -1.45. The lowest BCUT2D eigenvalue weighted by molar-refractivity contribution is -0.0936.